The number of hydrogen-bond donors (Lipinski definition) is 1. The van der Waals surface area contributed by atoms with Gasteiger partial charge in [-0.1, -0.05) is 5.16 Å². The van der Waals surface area contributed by atoms with Gasteiger partial charge in [0.05, 0.1) is 17.6 Å². The van der Waals surface area contributed by atoms with E-state index in [-0.39, 0.29) is 15.9 Å². The van der Waals surface area contributed by atoms with Crippen molar-refractivity contribution in [2.24, 2.45) is 0 Å². The molecule has 0 spiro atoms. The number of nitrogens with one attached hydrogen (secondary N) is 1. The Morgan fingerprint density at radius 1 is 1.39 bits per heavy atom. The molecule has 96 valence electrons. The van der Waals surface area contributed by atoms with Gasteiger partial charge < -0.3 is 4.52 Å². The lowest BCUT2D eigenvalue weighted by Gasteiger charge is -2.07. The minimum Gasteiger partial charge on any atom is -0.360 e. The van der Waals surface area contributed by atoms with Crippen molar-refractivity contribution in [2.75, 3.05) is 0 Å². The van der Waals surface area contributed by atoms with Gasteiger partial charge in [0.2, 0.25) is 10.0 Å². The van der Waals surface area contributed by atoms with Crippen molar-refractivity contribution in [3.63, 3.8) is 0 Å². The second-order valence-corrected chi connectivity index (χ2v) is 5.97. The Morgan fingerprint density at radius 3 is 2.78 bits per heavy atom. The molecule has 0 amide bonds. The van der Waals surface area contributed by atoms with Crippen LogP contribution in [0, 0.1) is 5.82 Å². The van der Waals surface area contributed by atoms with E-state index in [1.54, 1.807) is 6.07 Å². The van der Waals surface area contributed by atoms with E-state index < -0.39 is 15.8 Å². The number of rotatable bonds is 4. The zero-order valence-electron chi connectivity index (χ0n) is 8.93. The lowest BCUT2D eigenvalue weighted by atomic mass is 10.3. The average molecular weight is 335 g/mol. The van der Waals surface area contributed by atoms with E-state index in [0.717, 1.165) is 12.1 Å². The molecule has 0 aliphatic carbocycles. The van der Waals surface area contributed by atoms with E-state index in [1.165, 1.54) is 12.3 Å². The topological polar surface area (TPSA) is 72.2 Å². The third-order valence-corrected chi connectivity index (χ3v) is 4.49. The molecule has 5 nitrogen and oxygen atoms in total. The number of halogens is 2. The summed E-state index contributed by atoms with van der Waals surface area (Å²) < 4.78 is 44.0. The monoisotopic (exact) mass is 334 g/mol. The van der Waals surface area contributed by atoms with Gasteiger partial charge in [0.1, 0.15) is 5.82 Å². The van der Waals surface area contributed by atoms with E-state index in [0.29, 0.717) is 5.76 Å². The lowest BCUT2D eigenvalue weighted by molar-refractivity contribution is 0.380. The van der Waals surface area contributed by atoms with Crippen LogP contribution in [0.25, 0.3) is 0 Å². The predicted octanol–water partition coefficient (Wildman–Crippen LogP) is 2.05. The van der Waals surface area contributed by atoms with Crippen LogP contribution in [0.2, 0.25) is 0 Å². The molecule has 0 radical (unpaired) electrons. The molecule has 0 fully saturated rings. The summed E-state index contributed by atoms with van der Waals surface area (Å²) >= 11 is 3.01. The zero-order valence-corrected chi connectivity index (χ0v) is 11.3. The second kappa shape index (κ2) is 5.17. The fourth-order valence-electron chi connectivity index (χ4n) is 1.27. The Bertz CT molecular complexity index is 643. The molecule has 8 heteroatoms. The van der Waals surface area contributed by atoms with Gasteiger partial charge in [0.25, 0.3) is 0 Å². The average Bonchev–Trinajstić information content (AvgIpc) is 2.78. The van der Waals surface area contributed by atoms with Crippen LogP contribution in [0.1, 0.15) is 5.76 Å². The first-order chi connectivity index (χ1) is 8.49. The van der Waals surface area contributed by atoms with Gasteiger partial charge >= 0.3 is 0 Å². The van der Waals surface area contributed by atoms with E-state index in [1.807, 2.05) is 0 Å². The maximum atomic E-state index is 12.9. The fraction of sp³-hybridized carbons (Fsp3) is 0.100. The molecule has 18 heavy (non-hydrogen) atoms. The minimum atomic E-state index is -3.74. The quantitative estimate of drug-likeness (QED) is 0.928. The van der Waals surface area contributed by atoms with Crippen molar-refractivity contribution < 1.29 is 17.3 Å². The van der Waals surface area contributed by atoms with Gasteiger partial charge in [-0.25, -0.2) is 17.5 Å². The summed E-state index contributed by atoms with van der Waals surface area (Å²) in [6.07, 6.45) is 1.41. The van der Waals surface area contributed by atoms with Gasteiger partial charge in [0, 0.05) is 10.5 Å². The molecule has 2 rings (SSSR count). The highest BCUT2D eigenvalue weighted by atomic mass is 79.9. The number of sulfonamides is 1. The minimum absolute atomic E-state index is 0.0217. The van der Waals surface area contributed by atoms with Crippen LogP contribution in [-0.2, 0) is 16.6 Å². The molecule has 0 saturated heterocycles. The van der Waals surface area contributed by atoms with Gasteiger partial charge in [-0.05, 0) is 34.1 Å². The van der Waals surface area contributed by atoms with Crippen LogP contribution in [0.15, 0.2) is 44.4 Å². The van der Waals surface area contributed by atoms with Gasteiger partial charge in [-0.2, -0.15) is 0 Å². The highest BCUT2D eigenvalue weighted by Gasteiger charge is 2.18. The summed E-state index contributed by atoms with van der Waals surface area (Å²) in [5.74, 6) is -0.132. The maximum Gasteiger partial charge on any atom is 0.242 e. The number of benzene rings is 1. The Balaban J connectivity index is 2.20. The van der Waals surface area contributed by atoms with E-state index in [2.05, 4.69) is 25.8 Å². The summed E-state index contributed by atoms with van der Waals surface area (Å²) in [7, 11) is -3.74. The van der Waals surface area contributed by atoms with Crippen molar-refractivity contribution >= 4 is 26.0 Å². The SMILES string of the molecule is O=S(=O)(NCc1ccno1)c1ccc(F)cc1Br. The maximum absolute atomic E-state index is 12.9. The molecular weight excluding hydrogens is 327 g/mol. The highest BCUT2D eigenvalue weighted by Crippen LogP contribution is 2.22. The Kier molecular flexibility index (Phi) is 3.79. The van der Waals surface area contributed by atoms with Crippen molar-refractivity contribution in [3.8, 4) is 0 Å². The lowest BCUT2D eigenvalue weighted by Crippen LogP contribution is -2.23. The van der Waals surface area contributed by atoms with Crippen molar-refractivity contribution in [1.82, 2.24) is 9.88 Å². The first kappa shape index (κ1) is 13.2. The smallest absolute Gasteiger partial charge is 0.242 e. The standard InChI is InChI=1S/C10H8BrFN2O3S/c11-9-5-7(12)1-2-10(9)18(15,16)14-6-8-3-4-13-17-8/h1-5,14H,6H2. The summed E-state index contributed by atoms with van der Waals surface area (Å²) in [5.41, 5.74) is 0. The van der Waals surface area contributed by atoms with Crippen LogP contribution >= 0.6 is 15.9 Å². The Hall–Kier alpha value is -1.25. The van der Waals surface area contributed by atoms with E-state index in [4.69, 9.17) is 4.52 Å². The summed E-state index contributed by atoms with van der Waals surface area (Å²) in [5, 5.41) is 3.46. The molecule has 0 bridgehead atoms. The van der Waals surface area contributed by atoms with Crippen molar-refractivity contribution in [1.29, 1.82) is 0 Å². The Morgan fingerprint density at radius 2 is 2.17 bits per heavy atom. The van der Waals surface area contributed by atoms with Crippen LogP contribution in [0.4, 0.5) is 4.39 Å². The molecule has 2 aromatic rings. The van der Waals surface area contributed by atoms with Crippen LogP contribution in [0.5, 0.6) is 0 Å². The first-order valence-electron chi connectivity index (χ1n) is 4.83. The molecule has 0 aliphatic heterocycles. The largest absolute Gasteiger partial charge is 0.360 e. The number of hydrogen-bond acceptors (Lipinski definition) is 4. The van der Waals surface area contributed by atoms with Crippen LogP contribution < -0.4 is 4.72 Å². The number of aromatic nitrogens is 1. The third kappa shape index (κ3) is 2.95. The zero-order chi connectivity index (χ0) is 13.2. The fourth-order valence-corrected chi connectivity index (χ4v) is 3.31. The summed E-state index contributed by atoms with van der Waals surface area (Å²) in [4.78, 5) is -0.0385. The molecule has 0 unspecified atom stereocenters. The second-order valence-electron chi connectivity index (χ2n) is 3.38. The van der Waals surface area contributed by atoms with Gasteiger partial charge in [0.15, 0.2) is 5.76 Å². The molecule has 0 aliphatic rings. The van der Waals surface area contributed by atoms with E-state index >= 15 is 0 Å². The van der Waals surface area contributed by atoms with Crippen molar-refractivity contribution in [2.45, 2.75) is 11.4 Å². The van der Waals surface area contributed by atoms with Gasteiger partial charge in [-0.15, -0.1) is 0 Å². The van der Waals surface area contributed by atoms with E-state index in [9.17, 15) is 12.8 Å². The van der Waals surface area contributed by atoms with Crippen LogP contribution in [-0.4, -0.2) is 13.6 Å². The molecule has 0 saturated carbocycles. The van der Waals surface area contributed by atoms with Crippen LogP contribution in [0.3, 0.4) is 0 Å². The van der Waals surface area contributed by atoms with Crippen molar-refractivity contribution in [3.05, 3.63) is 46.5 Å². The highest BCUT2D eigenvalue weighted by molar-refractivity contribution is 9.10. The Labute approximate surface area is 111 Å². The normalized spacial score (nSPS) is 11.7. The molecule has 1 N–H and O–H groups in total. The summed E-state index contributed by atoms with van der Waals surface area (Å²) in [6, 6.07) is 4.89. The molecule has 1 aromatic heterocycles. The first-order valence-corrected chi connectivity index (χ1v) is 7.11. The van der Waals surface area contributed by atoms with Gasteiger partial charge in [-0.3, -0.25) is 0 Å². The molecular formula is C10H8BrFN2O3S. The molecule has 1 aromatic carbocycles. The number of nitrogens with zero attached hydrogens (tertiary/aromatic N) is 1. The predicted molar refractivity (Wildman–Crippen MR) is 64.6 cm³/mol. The molecule has 0 atom stereocenters. The molecule has 1 heterocycles. The summed E-state index contributed by atoms with van der Waals surface area (Å²) in [6.45, 7) is -0.0217. The third-order valence-electron chi connectivity index (χ3n) is 2.11.